The van der Waals surface area contributed by atoms with Crippen molar-refractivity contribution in [2.24, 2.45) is 0 Å². The molecule has 0 aliphatic carbocycles. The van der Waals surface area contributed by atoms with Crippen molar-refractivity contribution >= 4 is 11.9 Å². The van der Waals surface area contributed by atoms with Crippen molar-refractivity contribution in [3.63, 3.8) is 0 Å². The van der Waals surface area contributed by atoms with Crippen LogP contribution in [-0.2, 0) is 23.8 Å². The molecule has 7 unspecified atom stereocenters. The summed E-state index contributed by atoms with van der Waals surface area (Å²) in [6.07, 6.45) is 66.9. The van der Waals surface area contributed by atoms with Crippen molar-refractivity contribution in [1.29, 1.82) is 0 Å². The van der Waals surface area contributed by atoms with Gasteiger partial charge >= 0.3 is 5.97 Å². The molecule has 6 N–H and O–H groups in total. The standard InChI is InChI=1S/C70H129NO10/c1-3-5-7-9-11-13-14-15-35-38-42-46-50-54-58-66(75)79-59-55-51-47-43-39-36-33-31-29-27-25-23-21-19-17-16-18-20-22-24-26-28-30-32-34-37-41-45-49-53-57-65(74)71-62(63(73)56-52-48-44-40-12-10-8-6-4-2)61-80-70-69(78)68(77)67(76)64(60-72)81-70/h12,14-15,17,19,40,52,56,62-64,67-70,72-73,76-78H,3-11,13,16,18,20-39,41-51,53-55,57-61H2,1-2H3,(H,71,74)/b15-14-,19-17-,40-12+,56-52+. The minimum atomic E-state index is -1.58. The Kier molecular flexibility index (Phi) is 56.2. The van der Waals surface area contributed by atoms with E-state index in [4.69, 9.17) is 14.2 Å². The summed E-state index contributed by atoms with van der Waals surface area (Å²) in [5.41, 5.74) is 0. The highest BCUT2D eigenvalue weighted by molar-refractivity contribution is 5.76. The molecule has 0 saturated carbocycles. The first kappa shape index (κ1) is 76.6. The topological polar surface area (TPSA) is 175 Å². The highest BCUT2D eigenvalue weighted by Crippen LogP contribution is 2.23. The van der Waals surface area contributed by atoms with E-state index in [9.17, 15) is 35.1 Å². The summed E-state index contributed by atoms with van der Waals surface area (Å²) < 4.78 is 16.7. The first-order valence-electron chi connectivity index (χ1n) is 34.4. The molecule has 1 aliphatic heterocycles. The Labute approximate surface area is 497 Å². The van der Waals surface area contributed by atoms with Crippen molar-refractivity contribution in [2.45, 2.75) is 365 Å². The number of esters is 1. The molecule has 11 heteroatoms. The lowest BCUT2D eigenvalue weighted by Gasteiger charge is -2.40. The van der Waals surface area contributed by atoms with Gasteiger partial charge in [0, 0.05) is 12.8 Å². The van der Waals surface area contributed by atoms with Crippen molar-refractivity contribution < 1.29 is 49.3 Å². The van der Waals surface area contributed by atoms with Crippen molar-refractivity contribution in [3.05, 3.63) is 48.6 Å². The monoisotopic (exact) mass is 1140 g/mol. The molecular weight excluding hydrogens is 1010 g/mol. The third kappa shape index (κ3) is 48.5. The number of ether oxygens (including phenoxy) is 3. The van der Waals surface area contributed by atoms with Crippen molar-refractivity contribution in [3.8, 4) is 0 Å². The minimum Gasteiger partial charge on any atom is -0.466 e. The Hall–Kier alpha value is -2.38. The Morgan fingerprint density at radius 2 is 0.802 bits per heavy atom. The predicted molar refractivity (Wildman–Crippen MR) is 338 cm³/mol. The largest absolute Gasteiger partial charge is 0.466 e. The summed E-state index contributed by atoms with van der Waals surface area (Å²) in [4.78, 5) is 25.1. The van der Waals surface area contributed by atoms with Crippen LogP contribution in [0.2, 0.25) is 0 Å². The third-order valence-electron chi connectivity index (χ3n) is 16.1. The summed E-state index contributed by atoms with van der Waals surface area (Å²) in [5.74, 6) is -0.193. The first-order valence-corrected chi connectivity index (χ1v) is 34.4. The van der Waals surface area contributed by atoms with Gasteiger partial charge in [-0.05, 0) is 96.3 Å². The molecule has 1 saturated heterocycles. The van der Waals surface area contributed by atoms with Crippen LogP contribution in [0.3, 0.4) is 0 Å². The number of hydrogen-bond acceptors (Lipinski definition) is 10. The molecular formula is C70H129NO10. The van der Waals surface area contributed by atoms with E-state index in [1.54, 1.807) is 6.08 Å². The third-order valence-corrected chi connectivity index (χ3v) is 16.1. The average Bonchev–Trinajstić information content (AvgIpc) is 3.50. The highest BCUT2D eigenvalue weighted by atomic mass is 16.7. The van der Waals surface area contributed by atoms with Gasteiger partial charge < -0.3 is 45.1 Å². The number of rotatable bonds is 60. The molecule has 0 aromatic carbocycles. The van der Waals surface area contributed by atoms with Crippen LogP contribution in [0.5, 0.6) is 0 Å². The van der Waals surface area contributed by atoms with E-state index in [1.807, 2.05) is 6.08 Å². The van der Waals surface area contributed by atoms with Crippen LogP contribution in [0, 0.1) is 0 Å². The van der Waals surface area contributed by atoms with Gasteiger partial charge in [0.15, 0.2) is 6.29 Å². The zero-order chi connectivity index (χ0) is 58.7. The van der Waals surface area contributed by atoms with E-state index in [2.05, 4.69) is 55.6 Å². The fourth-order valence-corrected chi connectivity index (χ4v) is 10.7. The number of hydrogen-bond donors (Lipinski definition) is 6. The molecule has 0 spiro atoms. The van der Waals surface area contributed by atoms with Crippen LogP contribution in [0.15, 0.2) is 48.6 Å². The Morgan fingerprint density at radius 1 is 0.444 bits per heavy atom. The minimum absolute atomic E-state index is 0.000168. The van der Waals surface area contributed by atoms with Gasteiger partial charge in [-0.25, -0.2) is 0 Å². The van der Waals surface area contributed by atoms with Crippen LogP contribution in [-0.4, -0.2) is 100 Å². The molecule has 1 amide bonds. The second-order valence-corrected chi connectivity index (χ2v) is 23.9. The maximum Gasteiger partial charge on any atom is 0.305 e. The summed E-state index contributed by atoms with van der Waals surface area (Å²) >= 11 is 0. The Morgan fingerprint density at radius 3 is 1.25 bits per heavy atom. The van der Waals surface area contributed by atoms with Gasteiger partial charge in [-0.1, -0.05) is 262 Å². The molecule has 1 fully saturated rings. The van der Waals surface area contributed by atoms with Crippen LogP contribution in [0.4, 0.5) is 0 Å². The van der Waals surface area contributed by atoms with Crippen molar-refractivity contribution in [2.75, 3.05) is 19.8 Å². The van der Waals surface area contributed by atoms with Gasteiger partial charge in [0.1, 0.15) is 24.4 Å². The Bertz CT molecular complexity index is 1480. The van der Waals surface area contributed by atoms with E-state index in [-0.39, 0.29) is 18.5 Å². The van der Waals surface area contributed by atoms with Gasteiger partial charge in [-0.3, -0.25) is 9.59 Å². The van der Waals surface area contributed by atoms with Crippen LogP contribution in [0.25, 0.3) is 0 Å². The van der Waals surface area contributed by atoms with E-state index in [1.165, 1.54) is 238 Å². The molecule has 1 rings (SSSR count). The average molecular weight is 1140 g/mol. The fraction of sp³-hybridized carbons (Fsp3) is 0.857. The molecule has 81 heavy (non-hydrogen) atoms. The van der Waals surface area contributed by atoms with Gasteiger partial charge in [-0.15, -0.1) is 0 Å². The molecule has 1 heterocycles. The summed E-state index contributed by atoms with van der Waals surface area (Å²) in [5, 5.41) is 54.2. The predicted octanol–water partition coefficient (Wildman–Crippen LogP) is 17.2. The van der Waals surface area contributed by atoms with Gasteiger partial charge in [0.25, 0.3) is 0 Å². The van der Waals surface area contributed by atoms with Crippen molar-refractivity contribution in [1.82, 2.24) is 5.32 Å². The fourth-order valence-electron chi connectivity index (χ4n) is 10.7. The molecule has 1 aliphatic rings. The summed E-state index contributed by atoms with van der Waals surface area (Å²) in [6.45, 7) is 4.28. The maximum atomic E-state index is 13.0. The first-order chi connectivity index (χ1) is 39.7. The number of allylic oxidation sites excluding steroid dienone is 7. The zero-order valence-corrected chi connectivity index (χ0v) is 52.5. The van der Waals surface area contributed by atoms with E-state index < -0.39 is 49.5 Å². The molecule has 7 atom stereocenters. The second-order valence-electron chi connectivity index (χ2n) is 23.9. The normalized spacial score (nSPS) is 18.5. The van der Waals surface area contributed by atoms with E-state index in [0.717, 1.165) is 57.8 Å². The molecule has 0 aromatic rings. The SMILES string of the molecule is CCCCC/C=C/CC/C=C/C(O)C(COC1OC(CO)C(O)C(O)C1O)NC(=O)CCCCCCCCCCCCCCCC/C=C\CCCCCCCCCCCCCCOC(=O)CCCCCCC/C=C\CCCCCCC. The maximum absolute atomic E-state index is 13.0. The zero-order valence-electron chi connectivity index (χ0n) is 52.5. The lowest BCUT2D eigenvalue weighted by molar-refractivity contribution is -0.302. The van der Waals surface area contributed by atoms with E-state index >= 15 is 0 Å². The lowest BCUT2D eigenvalue weighted by atomic mass is 9.99. The molecule has 0 bridgehead atoms. The highest BCUT2D eigenvalue weighted by Gasteiger charge is 2.44. The van der Waals surface area contributed by atoms with Crippen LogP contribution in [0.1, 0.15) is 322 Å². The number of carbonyl (C=O) groups is 2. The number of aliphatic hydroxyl groups is 5. The lowest BCUT2D eigenvalue weighted by Crippen LogP contribution is -2.60. The van der Waals surface area contributed by atoms with Gasteiger partial charge in [0.2, 0.25) is 5.91 Å². The number of nitrogens with one attached hydrogen (secondary N) is 1. The molecule has 0 radical (unpaired) electrons. The number of amides is 1. The summed E-state index contributed by atoms with van der Waals surface area (Å²) in [6, 6.07) is -0.825. The molecule has 11 nitrogen and oxygen atoms in total. The van der Waals surface area contributed by atoms with E-state index in [0.29, 0.717) is 19.4 Å². The Balaban J connectivity index is 1.92. The number of carbonyl (C=O) groups excluding carboxylic acids is 2. The molecule has 474 valence electrons. The quantitative estimate of drug-likeness (QED) is 0.0195. The second kappa shape index (κ2) is 59.4. The molecule has 0 aromatic heterocycles. The number of unbranched alkanes of at least 4 members (excludes halogenated alkanes) is 40. The smallest absolute Gasteiger partial charge is 0.305 e. The number of aliphatic hydroxyl groups excluding tert-OH is 5. The van der Waals surface area contributed by atoms with Gasteiger partial charge in [0.05, 0.1) is 32.0 Å². The van der Waals surface area contributed by atoms with Crippen LogP contribution < -0.4 is 5.32 Å². The van der Waals surface area contributed by atoms with Crippen LogP contribution >= 0.6 is 0 Å². The van der Waals surface area contributed by atoms with Gasteiger partial charge in [-0.2, -0.15) is 0 Å². The summed E-state index contributed by atoms with van der Waals surface area (Å²) in [7, 11) is 0.